The fraction of sp³-hybridized carbons (Fsp3) is 0.906. The van der Waals surface area contributed by atoms with E-state index in [0.29, 0.717) is 12.8 Å². The summed E-state index contributed by atoms with van der Waals surface area (Å²) in [5.74, 6) is -0.153. The maximum Gasteiger partial charge on any atom is 0.220 e. The second kappa shape index (κ2) is 48.5. The summed E-state index contributed by atoms with van der Waals surface area (Å²) in [6, 6.07) is -0.829. The molecule has 0 saturated carbocycles. The Hall–Kier alpha value is -1.17. The molecule has 0 heterocycles. The minimum atomic E-state index is -1.16. The van der Waals surface area contributed by atoms with Crippen LogP contribution in [0.4, 0.5) is 0 Å². The third-order valence-corrected chi connectivity index (χ3v) is 12.3. The summed E-state index contributed by atoms with van der Waals surface area (Å²) in [4.78, 5) is 12.5. The molecule has 3 unspecified atom stereocenters. The maximum atomic E-state index is 12.5. The highest BCUT2D eigenvalue weighted by atomic mass is 16.3. The SMILES string of the molecule is CCCCCCCCCCCCCCC/C=C/CC/C=C/CCCC(O)C(O)C(CO)NC(=O)CCCCCCCCCCCCCCCCCCCCCCCC. The lowest BCUT2D eigenvalue weighted by Crippen LogP contribution is -2.50. The van der Waals surface area contributed by atoms with Crippen molar-refractivity contribution in [1.82, 2.24) is 5.32 Å². The van der Waals surface area contributed by atoms with Gasteiger partial charge in [0.15, 0.2) is 0 Å². The average molecular weight is 818 g/mol. The van der Waals surface area contributed by atoms with Crippen molar-refractivity contribution in [1.29, 1.82) is 0 Å². The van der Waals surface area contributed by atoms with Gasteiger partial charge in [-0.05, 0) is 51.4 Å². The number of hydrogen-bond acceptors (Lipinski definition) is 4. The first-order valence-corrected chi connectivity index (χ1v) is 26.1. The first-order chi connectivity index (χ1) is 28.6. The van der Waals surface area contributed by atoms with Crippen LogP contribution >= 0.6 is 0 Å². The molecule has 0 aliphatic heterocycles. The molecule has 0 radical (unpaired) electrons. The fourth-order valence-electron chi connectivity index (χ4n) is 8.24. The highest BCUT2D eigenvalue weighted by molar-refractivity contribution is 5.76. The van der Waals surface area contributed by atoms with E-state index in [2.05, 4.69) is 43.5 Å². The fourth-order valence-corrected chi connectivity index (χ4v) is 8.24. The predicted octanol–water partition coefficient (Wildman–Crippen LogP) is 15.7. The van der Waals surface area contributed by atoms with Gasteiger partial charge in [-0.3, -0.25) is 4.79 Å². The average Bonchev–Trinajstić information content (AvgIpc) is 3.23. The van der Waals surface area contributed by atoms with Crippen molar-refractivity contribution >= 4 is 5.91 Å². The lowest BCUT2D eigenvalue weighted by Gasteiger charge is -2.26. The molecule has 0 spiro atoms. The first-order valence-electron chi connectivity index (χ1n) is 26.1. The van der Waals surface area contributed by atoms with Crippen molar-refractivity contribution in [3.63, 3.8) is 0 Å². The van der Waals surface area contributed by atoms with Gasteiger partial charge in [-0.15, -0.1) is 0 Å². The number of amides is 1. The first kappa shape index (κ1) is 56.8. The predicted molar refractivity (Wildman–Crippen MR) is 255 cm³/mol. The molecule has 0 aliphatic rings. The minimum absolute atomic E-state index is 0.153. The van der Waals surface area contributed by atoms with Crippen LogP contribution < -0.4 is 5.32 Å². The number of carbonyl (C=O) groups is 1. The molecule has 58 heavy (non-hydrogen) atoms. The van der Waals surface area contributed by atoms with Gasteiger partial charge in [0.2, 0.25) is 5.91 Å². The summed E-state index contributed by atoms with van der Waals surface area (Å²) in [6.07, 6.45) is 60.3. The molecule has 4 N–H and O–H groups in total. The molecule has 0 rings (SSSR count). The number of hydrogen-bond donors (Lipinski definition) is 4. The van der Waals surface area contributed by atoms with Crippen molar-refractivity contribution < 1.29 is 20.1 Å². The Balaban J connectivity index is 3.60. The van der Waals surface area contributed by atoms with Crippen LogP contribution in [0.1, 0.15) is 284 Å². The molecule has 0 aromatic carbocycles. The summed E-state index contributed by atoms with van der Waals surface area (Å²) < 4.78 is 0. The number of rotatable bonds is 48. The van der Waals surface area contributed by atoms with Gasteiger partial charge in [-0.2, -0.15) is 0 Å². The van der Waals surface area contributed by atoms with Crippen molar-refractivity contribution in [2.45, 2.75) is 302 Å². The van der Waals surface area contributed by atoms with Crippen LogP contribution in [-0.2, 0) is 4.79 Å². The third-order valence-electron chi connectivity index (χ3n) is 12.3. The van der Waals surface area contributed by atoms with E-state index in [4.69, 9.17) is 0 Å². The zero-order valence-corrected chi connectivity index (χ0v) is 39.2. The van der Waals surface area contributed by atoms with Crippen LogP contribution in [0.25, 0.3) is 0 Å². The molecule has 3 atom stereocenters. The monoisotopic (exact) mass is 818 g/mol. The van der Waals surface area contributed by atoms with Gasteiger partial charge in [0.25, 0.3) is 0 Å². The van der Waals surface area contributed by atoms with Gasteiger partial charge in [-0.1, -0.05) is 250 Å². The van der Waals surface area contributed by atoms with E-state index < -0.39 is 18.2 Å². The molecule has 0 saturated heterocycles. The molecule has 0 aliphatic carbocycles. The van der Waals surface area contributed by atoms with E-state index >= 15 is 0 Å². The summed E-state index contributed by atoms with van der Waals surface area (Å²) in [5.41, 5.74) is 0. The molecule has 344 valence electrons. The molecular weight excluding hydrogens is 715 g/mol. The van der Waals surface area contributed by atoms with Crippen molar-refractivity contribution in [2.24, 2.45) is 0 Å². The van der Waals surface area contributed by atoms with E-state index in [0.717, 1.165) is 44.9 Å². The number of allylic oxidation sites excluding steroid dienone is 4. The van der Waals surface area contributed by atoms with Crippen LogP contribution in [0.2, 0.25) is 0 Å². The number of aliphatic hydroxyl groups is 3. The molecule has 1 amide bonds. The number of nitrogens with one attached hydrogen (secondary N) is 1. The molecule has 0 bridgehead atoms. The lowest BCUT2D eigenvalue weighted by atomic mass is 10.0. The van der Waals surface area contributed by atoms with Crippen LogP contribution in [0.15, 0.2) is 24.3 Å². The van der Waals surface area contributed by atoms with Gasteiger partial charge in [0.05, 0.1) is 18.8 Å². The van der Waals surface area contributed by atoms with E-state index in [-0.39, 0.29) is 12.5 Å². The molecule has 5 nitrogen and oxygen atoms in total. The standard InChI is InChI=1S/C53H103NO4/c1-3-5-7-9-11-13-15-17-19-21-23-25-27-29-31-33-35-37-39-41-43-45-47-51(56)53(58)50(49-55)54-52(57)48-46-44-42-40-38-36-34-32-30-28-26-24-22-20-18-16-14-12-10-8-6-4-2/h31,33,39,41,50-51,53,55-56,58H,3-30,32,34-38,40,42-49H2,1-2H3,(H,54,57)/b33-31+,41-39+. The highest BCUT2D eigenvalue weighted by Gasteiger charge is 2.26. The van der Waals surface area contributed by atoms with Crippen molar-refractivity contribution in [2.75, 3.05) is 6.61 Å². The van der Waals surface area contributed by atoms with Crippen LogP contribution in [-0.4, -0.2) is 46.1 Å². The smallest absolute Gasteiger partial charge is 0.220 e. The van der Waals surface area contributed by atoms with E-state index in [1.807, 2.05) is 0 Å². The molecular formula is C53H103NO4. The minimum Gasteiger partial charge on any atom is -0.394 e. The van der Waals surface area contributed by atoms with E-state index in [1.165, 1.54) is 212 Å². The normalized spacial score (nSPS) is 13.5. The maximum absolute atomic E-state index is 12.5. The summed E-state index contributed by atoms with van der Waals surface area (Å²) >= 11 is 0. The Labute approximate surface area is 362 Å². The van der Waals surface area contributed by atoms with Gasteiger partial charge in [-0.25, -0.2) is 0 Å². The van der Waals surface area contributed by atoms with Gasteiger partial charge in [0, 0.05) is 6.42 Å². The zero-order valence-electron chi connectivity index (χ0n) is 39.2. The van der Waals surface area contributed by atoms with Crippen molar-refractivity contribution in [3.8, 4) is 0 Å². The number of aliphatic hydroxyl groups excluding tert-OH is 3. The Morgan fingerprint density at radius 3 is 1.05 bits per heavy atom. The molecule has 0 aromatic heterocycles. The molecule has 5 heteroatoms. The molecule has 0 fully saturated rings. The van der Waals surface area contributed by atoms with Gasteiger partial charge < -0.3 is 20.6 Å². The second-order valence-electron chi connectivity index (χ2n) is 18.1. The number of unbranched alkanes of at least 4 members (excludes halogenated alkanes) is 36. The Morgan fingerprint density at radius 1 is 0.414 bits per heavy atom. The largest absolute Gasteiger partial charge is 0.394 e. The van der Waals surface area contributed by atoms with Crippen molar-refractivity contribution in [3.05, 3.63) is 24.3 Å². The van der Waals surface area contributed by atoms with E-state index in [9.17, 15) is 20.1 Å². The lowest BCUT2D eigenvalue weighted by molar-refractivity contribution is -0.124. The number of carbonyl (C=O) groups excluding carboxylic acids is 1. The third kappa shape index (κ3) is 42.9. The quantitative estimate of drug-likeness (QED) is 0.0364. The Kier molecular flexibility index (Phi) is 47.5. The Morgan fingerprint density at radius 2 is 0.707 bits per heavy atom. The van der Waals surface area contributed by atoms with Crippen LogP contribution in [0.3, 0.4) is 0 Å². The Bertz CT molecular complexity index is 859. The van der Waals surface area contributed by atoms with Crippen LogP contribution in [0.5, 0.6) is 0 Å². The highest BCUT2D eigenvalue weighted by Crippen LogP contribution is 2.17. The second-order valence-corrected chi connectivity index (χ2v) is 18.1. The summed E-state index contributed by atoms with van der Waals surface area (Å²) in [7, 11) is 0. The van der Waals surface area contributed by atoms with Gasteiger partial charge in [0.1, 0.15) is 6.10 Å². The summed E-state index contributed by atoms with van der Waals surface area (Å²) in [5, 5.41) is 33.7. The zero-order chi connectivity index (χ0) is 42.3. The van der Waals surface area contributed by atoms with E-state index in [1.54, 1.807) is 0 Å². The van der Waals surface area contributed by atoms with Crippen LogP contribution in [0, 0.1) is 0 Å². The topological polar surface area (TPSA) is 89.8 Å². The molecule has 0 aromatic rings. The van der Waals surface area contributed by atoms with Gasteiger partial charge >= 0.3 is 0 Å². The summed E-state index contributed by atoms with van der Waals surface area (Å²) in [6.45, 7) is 4.20.